The van der Waals surface area contributed by atoms with Gasteiger partial charge in [-0.2, -0.15) is 0 Å². The molecule has 0 radical (unpaired) electrons. The molecule has 0 aliphatic rings. The van der Waals surface area contributed by atoms with Gasteiger partial charge in [0.05, 0.1) is 11.8 Å². The smallest absolute Gasteiger partial charge is 0.241 e. The van der Waals surface area contributed by atoms with Gasteiger partial charge >= 0.3 is 0 Å². The molecule has 0 heterocycles. The second-order valence-electron chi connectivity index (χ2n) is 4.89. The molecule has 1 aromatic rings. The summed E-state index contributed by atoms with van der Waals surface area (Å²) in [4.78, 5) is 11.8. The zero-order chi connectivity index (χ0) is 15.9. The van der Waals surface area contributed by atoms with Gasteiger partial charge in [-0.05, 0) is 18.6 Å². The van der Waals surface area contributed by atoms with E-state index in [-0.39, 0.29) is 18.3 Å². The van der Waals surface area contributed by atoms with Gasteiger partial charge in [-0.1, -0.05) is 19.4 Å². The lowest BCUT2D eigenvalue weighted by molar-refractivity contribution is -0.117. The van der Waals surface area contributed by atoms with E-state index in [1.165, 1.54) is 0 Å². The average molecular weight is 314 g/mol. The number of hydrogen-bond acceptors (Lipinski definition) is 5. The molecular formula is C14H22N2O4S. The standard InChI is InChI=1S/C14H22N2O4S/c1-3-5-13(15)14(17)16-11-6-4-7-12(10-11)20-8-9-21(2,18)19/h4,6-7,10,13H,3,5,8-9,15H2,1-2H3,(H,16,17). The molecular weight excluding hydrogens is 292 g/mol. The Morgan fingerprint density at radius 1 is 1.43 bits per heavy atom. The van der Waals surface area contributed by atoms with Crippen LogP contribution in [0.1, 0.15) is 19.8 Å². The van der Waals surface area contributed by atoms with Crippen LogP contribution in [0.3, 0.4) is 0 Å². The largest absolute Gasteiger partial charge is 0.492 e. The summed E-state index contributed by atoms with van der Waals surface area (Å²) in [6.07, 6.45) is 2.61. The van der Waals surface area contributed by atoms with E-state index in [4.69, 9.17) is 10.5 Å². The summed E-state index contributed by atoms with van der Waals surface area (Å²) < 4.78 is 27.4. The summed E-state index contributed by atoms with van der Waals surface area (Å²) in [6.45, 7) is 2.04. The molecule has 1 aromatic carbocycles. The summed E-state index contributed by atoms with van der Waals surface area (Å²) in [6, 6.07) is 6.24. The molecule has 118 valence electrons. The molecule has 0 spiro atoms. The number of ether oxygens (including phenoxy) is 1. The molecule has 0 saturated heterocycles. The van der Waals surface area contributed by atoms with Crippen LogP contribution in [-0.2, 0) is 14.6 Å². The number of carbonyl (C=O) groups is 1. The molecule has 0 saturated carbocycles. The van der Waals surface area contributed by atoms with E-state index in [2.05, 4.69) is 5.32 Å². The third-order valence-corrected chi connectivity index (χ3v) is 3.67. The quantitative estimate of drug-likeness (QED) is 0.750. The molecule has 3 N–H and O–H groups in total. The summed E-state index contributed by atoms with van der Waals surface area (Å²) in [7, 11) is -3.05. The molecule has 21 heavy (non-hydrogen) atoms. The lowest BCUT2D eigenvalue weighted by Crippen LogP contribution is -2.35. The molecule has 0 fully saturated rings. The minimum atomic E-state index is -3.05. The predicted molar refractivity (Wildman–Crippen MR) is 83.2 cm³/mol. The second kappa shape index (κ2) is 7.99. The summed E-state index contributed by atoms with van der Waals surface area (Å²) in [5.74, 6) is 0.205. The van der Waals surface area contributed by atoms with Gasteiger partial charge in [-0.25, -0.2) is 8.42 Å². The Morgan fingerprint density at radius 2 is 2.14 bits per heavy atom. The third-order valence-electron chi connectivity index (χ3n) is 2.76. The lowest BCUT2D eigenvalue weighted by atomic mass is 10.1. The maximum Gasteiger partial charge on any atom is 0.241 e. The Labute approximate surface area is 125 Å². The predicted octanol–water partition coefficient (Wildman–Crippen LogP) is 1.18. The highest BCUT2D eigenvalue weighted by atomic mass is 32.2. The molecule has 1 rings (SSSR count). The minimum absolute atomic E-state index is 0.0506. The van der Waals surface area contributed by atoms with Crippen LogP contribution in [0.4, 0.5) is 5.69 Å². The molecule has 1 amide bonds. The van der Waals surface area contributed by atoms with E-state index < -0.39 is 15.9 Å². The van der Waals surface area contributed by atoms with Crippen LogP contribution >= 0.6 is 0 Å². The van der Waals surface area contributed by atoms with Crippen molar-refractivity contribution in [1.29, 1.82) is 0 Å². The number of nitrogens with two attached hydrogens (primary N) is 1. The van der Waals surface area contributed by atoms with Crippen LogP contribution < -0.4 is 15.8 Å². The molecule has 1 unspecified atom stereocenters. The van der Waals surface area contributed by atoms with Crippen LogP contribution in [0, 0.1) is 0 Å². The van der Waals surface area contributed by atoms with E-state index in [0.29, 0.717) is 17.9 Å². The number of sulfone groups is 1. The van der Waals surface area contributed by atoms with Crippen molar-refractivity contribution >= 4 is 21.4 Å². The highest BCUT2D eigenvalue weighted by Gasteiger charge is 2.12. The van der Waals surface area contributed by atoms with Gasteiger partial charge in [0, 0.05) is 18.0 Å². The molecule has 6 nitrogen and oxygen atoms in total. The Kier molecular flexibility index (Phi) is 6.64. The van der Waals surface area contributed by atoms with Crippen LogP contribution in [0.15, 0.2) is 24.3 Å². The van der Waals surface area contributed by atoms with Gasteiger partial charge in [0.2, 0.25) is 5.91 Å². The fraction of sp³-hybridized carbons (Fsp3) is 0.500. The highest BCUT2D eigenvalue weighted by molar-refractivity contribution is 7.90. The van der Waals surface area contributed by atoms with Crippen LogP contribution in [-0.4, -0.2) is 39.0 Å². The van der Waals surface area contributed by atoms with Crippen molar-refractivity contribution in [2.75, 3.05) is 23.9 Å². The van der Waals surface area contributed by atoms with E-state index in [0.717, 1.165) is 12.7 Å². The van der Waals surface area contributed by atoms with Gasteiger partial charge in [-0.15, -0.1) is 0 Å². The Morgan fingerprint density at radius 3 is 2.76 bits per heavy atom. The Hall–Kier alpha value is -1.60. The van der Waals surface area contributed by atoms with Crippen molar-refractivity contribution < 1.29 is 17.9 Å². The summed E-state index contributed by atoms with van der Waals surface area (Å²) in [5, 5.41) is 2.71. The first-order chi connectivity index (χ1) is 9.81. The molecule has 0 bridgehead atoms. The molecule has 0 aromatic heterocycles. The topological polar surface area (TPSA) is 98.5 Å². The molecule has 0 aliphatic carbocycles. The summed E-state index contributed by atoms with van der Waals surface area (Å²) in [5.41, 5.74) is 6.30. The van der Waals surface area contributed by atoms with Gasteiger partial charge in [0.15, 0.2) is 9.84 Å². The van der Waals surface area contributed by atoms with Crippen molar-refractivity contribution in [2.45, 2.75) is 25.8 Å². The van der Waals surface area contributed by atoms with Crippen molar-refractivity contribution in [1.82, 2.24) is 0 Å². The maximum atomic E-state index is 11.8. The normalized spacial score (nSPS) is 12.7. The average Bonchev–Trinajstić information content (AvgIpc) is 2.38. The number of amides is 1. The zero-order valence-corrected chi connectivity index (χ0v) is 13.2. The second-order valence-corrected chi connectivity index (χ2v) is 7.15. The van der Waals surface area contributed by atoms with Crippen LogP contribution in [0.2, 0.25) is 0 Å². The minimum Gasteiger partial charge on any atom is -0.492 e. The number of hydrogen-bond donors (Lipinski definition) is 2. The van der Waals surface area contributed by atoms with E-state index >= 15 is 0 Å². The Bertz CT molecular complexity index is 572. The van der Waals surface area contributed by atoms with Crippen molar-refractivity contribution in [3.05, 3.63) is 24.3 Å². The van der Waals surface area contributed by atoms with Crippen LogP contribution in [0.5, 0.6) is 5.75 Å². The highest BCUT2D eigenvalue weighted by Crippen LogP contribution is 2.17. The van der Waals surface area contributed by atoms with Crippen LogP contribution in [0.25, 0.3) is 0 Å². The zero-order valence-electron chi connectivity index (χ0n) is 12.3. The van der Waals surface area contributed by atoms with Crippen molar-refractivity contribution in [2.24, 2.45) is 5.73 Å². The lowest BCUT2D eigenvalue weighted by Gasteiger charge is -2.12. The molecule has 1 atom stereocenters. The maximum absolute atomic E-state index is 11.8. The number of nitrogens with one attached hydrogen (secondary N) is 1. The van der Waals surface area contributed by atoms with Gasteiger partial charge in [0.1, 0.15) is 12.4 Å². The van der Waals surface area contributed by atoms with Crippen molar-refractivity contribution in [3.63, 3.8) is 0 Å². The van der Waals surface area contributed by atoms with E-state index in [1.807, 2.05) is 6.92 Å². The number of rotatable bonds is 8. The number of benzene rings is 1. The molecule has 0 aliphatic heterocycles. The fourth-order valence-electron chi connectivity index (χ4n) is 1.65. The van der Waals surface area contributed by atoms with Crippen molar-refractivity contribution in [3.8, 4) is 5.75 Å². The number of anilines is 1. The Balaban J connectivity index is 2.58. The first kappa shape index (κ1) is 17.5. The van der Waals surface area contributed by atoms with Gasteiger partial charge < -0.3 is 15.8 Å². The van der Waals surface area contributed by atoms with Gasteiger partial charge in [-0.3, -0.25) is 4.79 Å². The SMILES string of the molecule is CCCC(N)C(=O)Nc1cccc(OCCS(C)(=O)=O)c1. The fourth-order valence-corrected chi connectivity index (χ4v) is 2.04. The summed E-state index contributed by atoms with van der Waals surface area (Å²) >= 11 is 0. The molecule has 7 heteroatoms. The van der Waals surface area contributed by atoms with E-state index in [9.17, 15) is 13.2 Å². The monoisotopic (exact) mass is 314 g/mol. The first-order valence-electron chi connectivity index (χ1n) is 6.79. The van der Waals surface area contributed by atoms with E-state index in [1.54, 1.807) is 24.3 Å². The number of carbonyl (C=O) groups excluding carboxylic acids is 1. The first-order valence-corrected chi connectivity index (χ1v) is 8.85. The third kappa shape index (κ3) is 7.10. The van der Waals surface area contributed by atoms with Gasteiger partial charge in [0.25, 0.3) is 0 Å².